The number of methoxy groups -OCH3 is 1. The summed E-state index contributed by atoms with van der Waals surface area (Å²) in [5.74, 6) is -0.497. The molecule has 1 aromatic carbocycles. The van der Waals surface area contributed by atoms with Crippen LogP contribution < -0.4 is 5.32 Å². The van der Waals surface area contributed by atoms with Crippen molar-refractivity contribution in [3.05, 3.63) is 35.9 Å². The van der Waals surface area contributed by atoms with Gasteiger partial charge >= 0.3 is 5.97 Å². The third-order valence-electron chi connectivity index (χ3n) is 3.87. The molecule has 0 aliphatic carbocycles. The van der Waals surface area contributed by atoms with Crippen LogP contribution in [0.4, 0.5) is 0 Å². The van der Waals surface area contributed by atoms with E-state index >= 15 is 0 Å². The van der Waals surface area contributed by atoms with Crippen LogP contribution >= 0.6 is 0 Å². The summed E-state index contributed by atoms with van der Waals surface area (Å²) in [7, 11) is 1.39. The lowest BCUT2D eigenvalue weighted by Crippen LogP contribution is -2.52. The van der Waals surface area contributed by atoms with Crippen LogP contribution in [0.1, 0.15) is 18.9 Å². The summed E-state index contributed by atoms with van der Waals surface area (Å²) < 4.78 is 4.82. The molecule has 1 amide bonds. The van der Waals surface area contributed by atoms with Gasteiger partial charge in [-0.15, -0.1) is 0 Å². The fraction of sp³-hybridized carbons (Fsp3) is 0.500. The summed E-state index contributed by atoms with van der Waals surface area (Å²) in [5.41, 5.74) is 1.19. The van der Waals surface area contributed by atoms with Gasteiger partial charge in [-0.1, -0.05) is 30.3 Å². The van der Waals surface area contributed by atoms with Gasteiger partial charge in [-0.3, -0.25) is 9.59 Å². The Morgan fingerprint density at radius 1 is 1.29 bits per heavy atom. The monoisotopic (exact) mass is 290 g/mol. The van der Waals surface area contributed by atoms with E-state index in [9.17, 15) is 9.59 Å². The first-order valence-corrected chi connectivity index (χ1v) is 7.20. The number of piperidine rings is 1. The van der Waals surface area contributed by atoms with Gasteiger partial charge in [0.1, 0.15) is 0 Å². The second-order valence-electron chi connectivity index (χ2n) is 5.44. The van der Waals surface area contributed by atoms with Gasteiger partial charge in [0.25, 0.3) is 0 Å². The molecule has 5 nitrogen and oxygen atoms in total. The van der Waals surface area contributed by atoms with E-state index < -0.39 is 0 Å². The quantitative estimate of drug-likeness (QED) is 0.846. The topological polar surface area (TPSA) is 58.6 Å². The summed E-state index contributed by atoms with van der Waals surface area (Å²) >= 11 is 0. The molecule has 2 unspecified atom stereocenters. The van der Waals surface area contributed by atoms with Crippen LogP contribution in [-0.4, -0.2) is 43.0 Å². The molecule has 0 aromatic heterocycles. The zero-order chi connectivity index (χ0) is 15.2. The van der Waals surface area contributed by atoms with E-state index in [1.807, 2.05) is 18.2 Å². The number of likely N-dealkylation sites (tertiary alicyclic amines) is 1. The van der Waals surface area contributed by atoms with Gasteiger partial charge in [0.15, 0.2) is 0 Å². The maximum absolute atomic E-state index is 11.8. The number of carbonyl (C=O) groups is 2. The van der Waals surface area contributed by atoms with Crippen LogP contribution in [0.2, 0.25) is 0 Å². The number of hydrogen-bond acceptors (Lipinski definition) is 4. The third-order valence-corrected chi connectivity index (χ3v) is 3.87. The summed E-state index contributed by atoms with van der Waals surface area (Å²) in [4.78, 5) is 25.1. The van der Waals surface area contributed by atoms with Gasteiger partial charge in [-0.25, -0.2) is 0 Å². The predicted octanol–water partition coefficient (Wildman–Crippen LogP) is 1.19. The lowest BCUT2D eigenvalue weighted by molar-refractivity contribution is -0.149. The van der Waals surface area contributed by atoms with Crippen molar-refractivity contribution in [2.24, 2.45) is 5.92 Å². The first-order chi connectivity index (χ1) is 10.1. The normalized spacial score (nSPS) is 21.9. The first kappa shape index (κ1) is 15.5. The van der Waals surface area contributed by atoms with Crippen molar-refractivity contribution in [2.45, 2.75) is 25.9 Å². The fourth-order valence-electron chi connectivity index (χ4n) is 2.70. The van der Waals surface area contributed by atoms with Crippen LogP contribution in [0.15, 0.2) is 30.3 Å². The van der Waals surface area contributed by atoms with E-state index in [4.69, 9.17) is 4.74 Å². The Morgan fingerprint density at radius 2 is 2.00 bits per heavy atom. The molecule has 1 aliphatic heterocycles. The van der Waals surface area contributed by atoms with Gasteiger partial charge in [0, 0.05) is 32.6 Å². The van der Waals surface area contributed by atoms with Crippen LogP contribution in [0.25, 0.3) is 0 Å². The van der Waals surface area contributed by atoms with Crippen molar-refractivity contribution in [1.82, 2.24) is 10.2 Å². The van der Waals surface area contributed by atoms with Crippen molar-refractivity contribution in [3.8, 4) is 0 Å². The number of hydrogen-bond donors (Lipinski definition) is 1. The van der Waals surface area contributed by atoms with Gasteiger partial charge in [-0.05, 0) is 12.0 Å². The Kier molecular flexibility index (Phi) is 5.33. The van der Waals surface area contributed by atoms with Gasteiger partial charge < -0.3 is 15.0 Å². The van der Waals surface area contributed by atoms with E-state index in [0.717, 1.165) is 6.54 Å². The molecule has 2 atom stereocenters. The second kappa shape index (κ2) is 7.22. The van der Waals surface area contributed by atoms with Crippen LogP contribution in [0.5, 0.6) is 0 Å². The lowest BCUT2D eigenvalue weighted by Gasteiger charge is -2.36. The number of nitrogens with one attached hydrogen (secondary N) is 1. The second-order valence-corrected chi connectivity index (χ2v) is 5.44. The molecule has 1 saturated heterocycles. The lowest BCUT2D eigenvalue weighted by atomic mass is 9.94. The number of benzene rings is 1. The molecule has 114 valence electrons. The minimum absolute atomic E-state index is 0.00452. The zero-order valence-corrected chi connectivity index (χ0v) is 12.5. The highest BCUT2D eigenvalue weighted by Crippen LogP contribution is 2.19. The SMILES string of the molecule is COC(=O)C1CC(NCc2ccccc2)CN(C(C)=O)C1. The Labute approximate surface area is 125 Å². The molecule has 1 aliphatic rings. The van der Waals surface area contributed by atoms with Gasteiger partial charge in [0.2, 0.25) is 5.91 Å². The predicted molar refractivity (Wildman–Crippen MR) is 79.4 cm³/mol. The standard InChI is InChI=1S/C16H22N2O3/c1-12(19)18-10-14(16(20)21-2)8-15(11-18)17-9-13-6-4-3-5-7-13/h3-7,14-15,17H,8-11H2,1-2H3. The smallest absolute Gasteiger partial charge is 0.310 e. The molecule has 2 rings (SSSR count). The molecule has 1 N–H and O–H groups in total. The highest BCUT2D eigenvalue weighted by atomic mass is 16.5. The van der Waals surface area contributed by atoms with Crippen molar-refractivity contribution in [2.75, 3.05) is 20.2 Å². The maximum Gasteiger partial charge on any atom is 0.310 e. The Balaban J connectivity index is 1.97. The molecule has 0 radical (unpaired) electrons. The van der Waals surface area contributed by atoms with Crippen molar-refractivity contribution in [3.63, 3.8) is 0 Å². The number of rotatable bonds is 4. The van der Waals surface area contributed by atoms with Gasteiger partial charge in [0.05, 0.1) is 13.0 Å². The number of ether oxygens (including phenoxy) is 1. The average Bonchev–Trinajstić information content (AvgIpc) is 2.52. The molecular formula is C16H22N2O3. The molecule has 21 heavy (non-hydrogen) atoms. The molecule has 0 spiro atoms. The molecule has 1 heterocycles. The minimum Gasteiger partial charge on any atom is -0.469 e. The van der Waals surface area contributed by atoms with Crippen LogP contribution in [0, 0.1) is 5.92 Å². The average molecular weight is 290 g/mol. The third kappa shape index (κ3) is 4.29. The molecule has 5 heteroatoms. The molecular weight excluding hydrogens is 268 g/mol. The fourth-order valence-corrected chi connectivity index (χ4v) is 2.70. The van der Waals surface area contributed by atoms with E-state index in [1.54, 1.807) is 4.90 Å². The number of carbonyl (C=O) groups excluding carboxylic acids is 2. The number of esters is 1. The van der Waals surface area contributed by atoms with Gasteiger partial charge in [-0.2, -0.15) is 0 Å². The first-order valence-electron chi connectivity index (χ1n) is 7.20. The van der Waals surface area contributed by atoms with Crippen LogP contribution in [0.3, 0.4) is 0 Å². The van der Waals surface area contributed by atoms with Crippen molar-refractivity contribution >= 4 is 11.9 Å². The number of nitrogens with zero attached hydrogens (tertiary/aromatic N) is 1. The van der Waals surface area contributed by atoms with E-state index in [2.05, 4.69) is 17.4 Å². The minimum atomic E-state index is -0.249. The Morgan fingerprint density at radius 3 is 2.62 bits per heavy atom. The summed E-state index contributed by atoms with van der Waals surface area (Å²) in [6.45, 7) is 3.35. The Hall–Kier alpha value is -1.88. The Bertz CT molecular complexity index is 490. The van der Waals surface area contributed by atoms with Crippen molar-refractivity contribution in [1.29, 1.82) is 0 Å². The molecule has 1 aromatic rings. The summed E-state index contributed by atoms with van der Waals surface area (Å²) in [5, 5.41) is 3.43. The van der Waals surface area contributed by atoms with E-state index in [-0.39, 0.29) is 23.8 Å². The molecule has 0 saturated carbocycles. The summed E-state index contributed by atoms with van der Waals surface area (Å²) in [6, 6.07) is 10.2. The zero-order valence-electron chi connectivity index (χ0n) is 12.5. The van der Waals surface area contributed by atoms with Crippen LogP contribution in [-0.2, 0) is 20.9 Å². The molecule has 1 fully saturated rings. The van der Waals surface area contributed by atoms with Crippen molar-refractivity contribution < 1.29 is 14.3 Å². The van der Waals surface area contributed by atoms with E-state index in [0.29, 0.717) is 19.5 Å². The summed E-state index contributed by atoms with van der Waals surface area (Å²) in [6.07, 6.45) is 0.698. The highest BCUT2D eigenvalue weighted by molar-refractivity contribution is 5.77. The molecule has 0 bridgehead atoms. The maximum atomic E-state index is 11.8. The number of amides is 1. The highest BCUT2D eigenvalue weighted by Gasteiger charge is 2.33. The largest absolute Gasteiger partial charge is 0.469 e. The van der Waals surface area contributed by atoms with E-state index in [1.165, 1.54) is 19.6 Å².